The maximum atomic E-state index is 12.5. The van der Waals surface area contributed by atoms with Crippen LogP contribution in [0.25, 0.3) is 0 Å². The smallest absolute Gasteiger partial charge is 0.493 e. The number of urea groups is 1. The molecule has 162 valence electrons. The Morgan fingerprint density at radius 3 is 2.43 bits per heavy atom. The van der Waals surface area contributed by atoms with Crippen LogP contribution in [-0.2, 0) is 13.0 Å². The molecule has 0 aliphatic carbocycles. The van der Waals surface area contributed by atoms with Gasteiger partial charge in [-0.1, -0.05) is 24.3 Å². The highest BCUT2D eigenvalue weighted by atomic mass is 19.4. The van der Waals surface area contributed by atoms with Crippen LogP contribution in [0, 0.1) is 5.92 Å². The van der Waals surface area contributed by atoms with Crippen LogP contribution >= 0.6 is 0 Å². The van der Waals surface area contributed by atoms with Crippen molar-refractivity contribution >= 4 is 6.03 Å². The lowest BCUT2D eigenvalue weighted by Crippen LogP contribution is -2.54. The first-order valence-electron chi connectivity index (χ1n) is 9.36. The van der Waals surface area contributed by atoms with Gasteiger partial charge in [-0.25, -0.2) is 4.79 Å². The number of methoxy groups -OCH3 is 2. The van der Waals surface area contributed by atoms with Gasteiger partial charge in [0.25, 0.3) is 0 Å². The highest BCUT2D eigenvalue weighted by Crippen LogP contribution is 2.30. The molecular weight excluding hydrogens is 401 g/mol. The van der Waals surface area contributed by atoms with Crippen molar-refractivity contribution in [2.45, 2.75) is 19.3 Å². The van der Waals surface area contributed by atoms with Crippen molar-refractivity contribution < 1.29 is 32.2 Å². The number of rotatable bonds is 7. The number of alkyl halides is 3. The van der Waals surface area contributed by atoms with Crippen molar-refractivity contribution in [3.63, 3.8) is 0 Å². The van der Waals surface area contributed by atoms with Crippen LogP contribution in [-0.4, -0.2) is 44.6 Å². The van der Waals surface area contributed by atoms with Crippen LogP contribution in [0.1, 0.15) is 11.1 Å². The van der Waals surface area contributed by atoms with E-state index >= 15 is 0 Å². The zero-order chi connectivity index (χ0) is 21.7. The maximum Gasteiger partial charge on any atom is 0.573 e. The molecule has 0 radical (unpaired) electrons. The Labute approximate surface area is 172 Å². The summed E-state index contributed by atoms with van der Waals surface area (Å²) in [5.74, 6) is 1.07. The van der Waals surface area contributed by atoms with Gasteiger partial charge in [0.05, 0.1) is 14.2 Å². The largest absolute Gasteiger partial charge is 0.573 e. The first-order chi connectivity index (χ1) is 14.3. The maximum absolute atomic E-state index is 12.5. The minimum atomic E-state index is -4.73. The summed E-state index contributed by atoms with van der Waals surface area (Å²) in [5.41, 5.74) is 1.33. The van der Waals surface area contributed by atoms with E-state index in [-0.39, 0.29) is 17.7 Å². The Morgan fingerprint density at radius 1 is 1.07 bits per heavy atom. The van der Waals surface area contributed by atoms with E-state index in [9.17, 15) is 18.0 Å². The van der Waals surface area contributed by atoms with Gasteiger partial charge in [-0.05, 0) is 41.7 Å². The van der Waals surface area contributed by atoms with Gasteiger partial charge in [0, 0.05) is 19.6 Å². The number of nitrogens with one attached hydrogen (secondary N) is 1. The summed E-state index contributed by atoms with van der Waals surface area (Å²) < 4.78 is 52.1. The molecule has 2 aromatic carbocycles. The quantitative estimate of drug-likeness (QED) is 0.730. The molecule has 2 aromatic rings. The highest BCUT2D eigenvalue weighted by molar-refractivity contribution is 5.75. The Hall–Kier alpha value is -3.10. The van der Waals surface area contributed by atoms with E-state index in [4.69, 9.17) is 9.47 Å². The van der Waals surface area contributed by atoms with Crippen molar-refractivity contribution in [3.8, 4) is 17.2 Å². The molecular formula is C21H23F3N2O4. The van der Waals surface area contributed by atoms with E-state index in [0.717, 1.165) is 5.56 Å². The predicted octanol–water partition coefficient (Wildman–Crippen LogP) is 3.99. The van der Waals surface area contributed by atoms with Crippen LogP contribution in [0.15, 0.2) is 42.5 Å². The van der Waals surface area contributed by atoms with Crippen molar-refractivity contribution in [3.05, 3.63) is 53.6 Å². The van der Waals surface area contributed by atoms with Gasteiger partial charge in [-0.2, -0.15) is 0 Å². The van der Waals surface area contributed by atoms with Gasteiger partial charge in [0.15, 0.2) is 11.5 Å². The van der Waals surface area contributed by atoms with E-state index in [0.29, 0.717) is 43.1 Å². The third-order valence-corrected chi connectivity index (χ3v) is 4.84. The monoisotopic (exact) mass is 424 g/mol. The minimum absolute atomic E-state index is 0.0785. The van der Waals surface area contributed by atoms with Crippen LogP contribution in [0.2, 0.25) is 0 Å². The lowest BCUT2D eigenvalue weighted by Gasteiger charge is -2.39. The lowest BCUT2D eigenvalue weighted by molar-refractivity contribution is -0.274. The third-order valence-electron chi connectivity index (χ3n) is 4.84. The molecule has 1 aliphatic heterocycles. The van der Waals surface area contributed by atoms with Gasteiger partial charge < -0.3 is 24.4 Å². The molecule has 0 aromatic heterocycles. The first-order valence-corrected chi connectivity index (χ1v) is 9.36. The number of ether oxygens (including phenoxy) is 3. The van der Waals surface area contributed by atoms with E-state index in [2.05, 4.69) is 10.1 Å². The molecule has 0 spiro atoms. The molecule has 0 bridgehead atoms. The van der Waals surface area contributed by atoms with Gasteiger partial charge in [0.1, 0.15) is 5.75 Å². The average Bonchev–Trinajstić information content (AvgIpc) is 2.68. The second-order valence-corrected chi connectivity index (χ2v) is 6.98. The van der Waals surface area contributed by atoms with Gasteiger partial charge in [-0.3, -0.25) is 0 Å². The second-order valence-electron chi connectivity index (χ2n) is 6.98. The summed E-state index contributed by atoms with van der Waals surface area (Å²) in [6.45, 7) is 1.26. The third kappa shape index (κ3) is 5.49. The highest BCUT2D eigenvalue weighted by Gasteiger charge is 2.34. The van der Waals surface area contributed by atoms with Crippen LogP contribution < -0.4 is 19.5 Å². The fourth-order valence-electron chi connectivity index (χ4n) is 3.35. The molecule has 1 heterocycles. The fraction of sp³-hybridized carbons (Fsp3) is 0.381. The van der Waals surface area contributed by atoms with Crippen molar-refractivity contribution in [1.29, 1.82) is 0 Å². The number of benzene rings is 2. The zero-order valence-corrected chi connectivity index (χ0v) is 16.7. The molecule has 1 aliphatic rings. The number of para-hydroxylation sites is 1. The van der Waals surface area contributed by atoms with Gasteiger partial charge >= 0.3 is 12.4 Å². The van der Waals surface area contributed by atoms with Gasteiger partial charge in [-0.15, -0.1) is 13.2 Å². The number of likely N-dealkylation sites (tertiary alicyclic amines) is 1. The second kappa shape index (κ2) is 9.15. The lowest BCUT2D eigenvalue weighted by atomic mass is 9.92. The molecule has 1 fully saturated rings. The standard InChI is InChI=1S/C21H23F3N2O4/c1-28-18-8-7-14(10-19(18)29-2)11-25-20(27)26-12-15(13-26)9-16-5-3-4-6-17(16)30-21(22,23)24/h3-8,10,15H,9,11-13H2,1-2H3,(H,25,27). The zero-order valence-electron chi connectivity index (χ0n) is 16.7. The molecule has 6 nitrogen and oxygen atoms in total. The molecule has 0 atom stereocenters. The van der Waals surface area contributed by atoms with Gasteiger partial charge in [0.2, 0.25) is 0 Å². The number of hydrogen-bond donors (Lipinski definition) is 1. The average molecular weight is 424 g/mol. The first kappa shape index (κ1) is 21.6. The Bertz CT molecular complexity index is 883. The summed E-state index contributed by atoms with van der Waals surface area (Å²) in [4.78, 5) is 13.9. The number of carbonyl (C=O) groups excluding carboxylic acids is 1. The summed E-state index contributed by atoms with van der Waals surface area (Å²) in [6.07, 6.45) is -4.32. The number of nitrogens with zero attached hydrogens (tertiary/aromatic N) is 1. The van der Waals surface area contributed by atoms with E-state index in [1.807, 2.05) is 6.07 Å². The number of halogens is 3. The predicted molar refractivity (Wildman–Crippen MR) is 104 cm³/mol. The molecule has 0 saturated carbocycles. The van der Waals surface area contributed by atoms with Crippen LogP contribution in [0.4, 0.5) is 18.0 Å². The Morgan fingerprint density at radius 2 is 1.77 bits per heavy atom. The molecule has 9 heteroatoms. The summed E-state index contributed by atoms with van der Waals surface area (Å²) in [5, 5.41) is 2.83. The normalized spacial score (nSPS) is 14.1. The summed E-state index contributed by atoms with van der Waals surface area (Å²) in [6, 6.07) is 11.2. The molecule has 30 heavy (non-hydrogen) atoms. The molecule has 1 saturated heterocycles. The minimum Gasteiger partial charge on any atom is -0.493 e. The van der Waals surface area contributed by atoms with Crippen LogP contribution in [0.5, 0.6) is 17.2 Å². The van der Waals surface area contributed by atoms with Crippen LogP contribution in [0.3, 0.4) is 0 Å². The molecule has 1 N–H and O–H groups in total. The number of hydrogen-bond acceptors (Lipinski definition) is 4. The summed E-state index contributed by atoms with van der Waals surface area (Å²) >= 11 is 0. The summed E-state index contributed by atoms with van der Waals surface area (Å²) in [7, 11) is 3.09. The Kier molecular flexibility index (Phi) is 6.59. The Balaban J connectivity index is 1.48. The SMILES string of the molecule is COc1ccc(CNC(=O)N2CC(Cc3ccccc3OC(F)(F)F)C2)cc1OC. The topological polar surface area (TPSA) is 60.0 Å². The van der Waals surface area contributed by atoms with Crippen molar-refractivity contribution in [2.75, 3.05) is 27.3 Å². The van der Waals surface area contributed by atoms with E-state index in [1.165, 1.54) is 12.1 Å². The number of carbonyl (C=O) groups is 1. The van der Waals surface area contributed by atoms with E-state index in [1.54, 1.807) is 43.4 Å². The molecule has 2 amide bonds. The van der Waals surface area contributed by atoms with E-state index < -0.39 is 6.36 Å². The molecule has 3 rings (SSSR count). The van der Waals surface area contributed by atoms with Crippen molar-refractivity contribution in [2.24, 2.45) is 5.92 Å². The number of amides is 2. The fourth-order valence-corrected chi connectivity index (χ4v) is 3.35. The molecule has 0 unspecified atom stereocenters. The van der Waals surface area contributed by atoms with Crippen molar-refractivity contribution in [1.82, 2.24) is 10.2 Å².